The Morgan fingerprint density at radius 3 is 2.39 bits per heavy atom. The molecule has 4 rings (SSSR count). The third-order valence-corrected chi connectivity index (χ3v) is 5.69. The van der Waals surface area contributed by atoms with Gasteiger partial charge in [-0.05, 0) is 30.3 Å². The Hall–Kier alpha value is -3.84. The van der Waals surface area contributed by atoms with Crippen molar-refractivity contribution in [1.29, 1.82) is 0 Å². The van der Waals surface area contributed by atoms with Crippen LogP contribution in [-0.2, 0) is 10.4 Å². The van der Waals surface area contributed by atoms with Crippen molar-refractivity contribution in [3.8, 4) is 17.2 Å². The molecule has 0 radical (unpaired) electrons. The van der Waals surface area contributed by atoms with E-state index in [0.29, 0.717) is 28.5 Å². The zero-order valence-electron chi connectivity index (χ0n) is 18.5. The highest BCUT2D eigenvalue weighted by Gasteiger charge is 2.50. The normalized spacial score (nSPS) is 16.9. The number of hydrogen-bond acceptors (Lipinski definition) is 6. The number of hydrogen-bond donors (Lipinski definition) is 1. The number of carbonyl (C=O) groups excluding carboxylic acids is 2. The van der Waals surface area contributed by atoms with Crippen molar-refractivity contribution in [2.45, 2.75) is 12.0 Å². The SMILES string of the molecule is COc1ccc(C(=O)C[C@@]2(O)C(=O)N(CCOc3ccccc3)c3ccccc32)c(OC)c1. The van der Waals surface area contributed by atoms with Gasteiger partial charge in [-0.25, -0.2) is 0 Å². The van der Waals surface area contributed by atoms with Gasteiger partial charge in [-0.3, -0.25) is 9.59 Å². The molecular formula is C26H25NO6. The molecule has 0 aromatic heterocycles. The first kappa shape index (κ1) is 22.4. The van der Waals surface area contributed by atoms with Crippen LogP contribution >= 0.6 is 0 Å². The number of para-hydroxylation sites is 2. The number of ketones is 1. The van der Waals surface area contributed by atoms with Gasteiger partial charge in [0.1, 0.15) is 23.9 Å². The Balaban J connectivity index is 1.57. The molecule has 1 aliphatic heterocycles. The Morgan fingerprint density at radius 1 is 0.939 bits per heavy atom. The summed E-state index contributed by atoms with van der Waals surface area (Å²) in [6.45, 7) is 0.466. The second kappa shape index (κ2) is 9.34. The van der Waals surface area contributed by atoms with Gasteiger partial charge in [0.05, 0.1) is 38.4 Å². The van der Waals surface area contributed by atoms with Crippen molar-refractivity contribution < 1.29 is 28.9 Å². The molecule has 0 saturated heterocycles. The van der Waals surface area contributed by atoms with Crippen LogP contribution in [0.15, 0.2) is 72.8 Å². The molecular weight excluding hydrogens is 422 g/mol. The van der Waals surface area contributed by atoms with Crippen LogP contribution in [-0.4, -0.2) is 44.2 Å². The Morgan fingerprint density at radius 2 is 1.67 bits per heavy atom. The van der Waals surface area contributed by atoms with Crippen molar-refractivity contribution in [2.75, 3.05) is 32.3 Å². The summed E-state index contributed by atoms with van der Waals surface area (Å²) in [6, 6.07) is 21.0. The van der Waals surface area contributed by atoms with E-state index in [-0.39, 0.29) is 18.7 Å². The van der Waals surface area contributed by atoms with Crippen LogP contribution in [0.1, 0.15) is 22.3 Å². The zero-order chi connectivity index (χ0) is 23.4. The van der Waals surface area contributed by atoms with E-state index < -0.39 is 23.7 Å². The fraction of sp³-hybridized carbons (Fsp3) is 0.231. The molecule has 3 aromatic carbocycles. The average molecular weight is 447 g/mol. The molecule has 7 heteroatoms. The summed E-state index contributed by atoms with van der Waals surface area (Å²) in [5, 5.41) is 11.5. The number of ether oxygens (including phenoxy) is 3. The highest BCUT2D eigenvalue weighted by Crippen LogP contribution is 2.43. The third kappa shape index (κ3) is 4.27. The predicted octanol–water partition coefficient (Wildman–Crippen LogP) is 3.59. The summed E-state index contributed by atoms with van der Waals surface area (Å²) in [7, 11) is 2.97. The zero-order valence-corrected chi connectivity index (χ0v) is 18.5. The Bertz CT molecular complexity index is 1160. The largest absolute Gasteiger partial charge is 0.497 e. The summed E-state index contributed by atoms with van der Waals surface area (Å²) in [5.74, 6) is 0.571. The average Bonchev–Trinajstić information content (AvgIpc) is 3.06. The molecule has 0 fully saturated rings. The molecule has 1 N–H and O–H groups in total. The predicted molar refractivity (Wildman–Crippen MR) is 123 cm³/mol. The van der Waals surface area contributed by atoms with E-state index in [0.717, 1.165) is 0 Å². The minimum Gasteiger partial charge on any atom is -0.497 e. The second-order valence-electron chi connectivity index (χ2n) is 7.66. The van der Waals surface area contributed by atoms with Crippen LogP contribution in [0, 0.1) is 0 Å². The third-order valence-electron chi connectivity index (χ3n) is 5.69. The molecule has 1 heterocycles. The van der Waals surface area contributed by atoms with Crippen molar-refractivity contribution in [3.05, 3.63) is 83.9 Å². The number of fused-ring (bicyclic) bond motifs is 1. The van der Waals surface area contributed by atoms with Crippen LogP contribution in [0.4, 0.5) is 5.69 Å². The van der Waals surface area contributed by atoms with Crippen LogP contribution in [0.2, 0.25) is 0 Å². The molecule has 0 unspecified atom stereocenters. The smallest absolute Gasteiger partial charge is 0.264 e. The number of rotatable bonds is 9. The molecule has 33 heavy (non-hydrogen) atoms. The number of nitrogens with zero attached hydrogens (tertiary/aromatic N) is 1. The van der Waals surface area contributed by atoms with E-state index in [1.54, 1.807) is 42.5 Å². The maximum absolute atomic E-state index is 13.4. The van der Waals surface area contributed by atoms with E-state index in [1.807, 2.05) is 30.3 Å². The molecule has 1 amide bonds. The number of carbonyl (C=O) groups is 2. The van der Waals surface area contributed by atoms with Gasteiger partial charge in [0.25, 0.3) is 5.91 Å². The van der Waals surface area contributed by atoms with Gasteiger partial charge in [-0.1, -0.05) is 36.4 Å². The summed E-state index contributed by atoms with van der Waals surface area (Å²) < 4.78 is 16.2. The van der Waals surface area contributed by atoms with Gasteiger partial charge >= 0.3 is 0 Å². The lowest BCUT2D eigenvalue weighted by atomic mass is 9.88. The van der Waals surface area contributed by atoms with Crippen molar-refractivity contribution in [2.24, 2.45) is 0 Å². The molecule has 0 spiro atoms. The molecule has 1 aliphatic rings. The van der Waals surface area contributed by atoms with Gasteiger partial charge in [-0.15, -0.1) is 0 Å². The maximum Gasteiger partial charge on any atom is 0.264 e. The summed E-state index contributed by atoms with van der Waals surface area (Å²) >= 11 is 0. The molecule has 170 valence electrons. The summed E-state index contributed by atoms with van der Waals surface area (Å²) in [5.41, 5.74) is -0.750. The van der Waals surface area contributed by atoms with Crippen LogP contribution in [0.25, 0.3) is 0 Å². The molecule has 0 bridgehead atoms. The van der Waals surface area contributed by atoms with Crippen molar-refractivity contribution in [1.82, 2.24) is 0 Å². The van der Waals surface area contributed by atoms with Crippen LogP contribution in [0.5, 0.6) is 17.2 Å². The van der Waals surface area contributed by atoms with Crippen molar-refractivity contribution >= 4 is 17.4 Å². The minimum absolute atomic E-state index is 0.229. The number of anilines is 1. The van der Waals surface area contributed by atoms with E-state index in [4.69, 9.17) is 14.2 Å². The van der Waals surface area contributed by atoms with Gasteiger partial charge in [0, 0.05) is 11.6 Å². The van der Waals surface area contributed by atoms with E-state index >= 15 is 0 Å². The molecule has 0 aliphatic carbocycles. The van der Waals surface area contributed by atoms with Crippen LogP contribution in [0.3, 0.4) is 0 Å². The molecule has 1 atom stereocenters. The van der Waals surface area contributed by atoms with Gasteiger partial charge in [0.15, 0.2) is 11.4 Å². The van der Waals surface area contributed by atoms with Crippen molar-refractivity contribution in [3.63, 3.8) is 0 Å². The summed E-state index contributed by atoms with van der Waals surface area (Å²) in [4.78, 5) is 28.0. The first-order valence-corrected chi connectivity index (χ1v) is 10.5. The molecule has 3 aromatic rings. The first-order chi connectivity index (χ1) is 16.0. The second-order valence-corrected chi connectivity index (χ2v) is 7.66. The van der Waals surface area contributed by atoms with E-state index in [2.05, 4.69) is 0 Å². The lowest BCUT2D eigenvalue weighted by Crippen LogP contribution is -2.43. The Labute approximate surface area is 192 Å². The number of methoxy groups -OCH3 is 2. The standard InChI is InChI=1S/C26H25NO6/c1-31-19-12-13-20(24(16-19)32-2)23(28)17-26(30)21-10-6-7-11-22(21)27(25(26)29)14-15-33-18-8-4-3-5-9-18/h3-13,16,30H,14-15,17H2,1-2H3/t26-/m0/s1. The maximum atomic E-state index is 13.4. The number of Topliss-reactive ketones (excluding diaryl/α,β-unsaturated/α-hetero) is 1. The van der Waals surface area contributed by atoms with Gasteiger partial charge in [-0.2, -0.15) is 0 Å². The van der Waals surface area contributed by atoms with E-state index in [1.165, 1.54) is 19.1 Å². The number of aliphatic hydroxyl groups is 1. The number of benzene rings is 3. The minimum atomic E-state index is -1.98. The molecule has 7 nitrogen and oxygen atoms in total. The van der Waals surface area contributed by atoms with Gasteiger partial charge < -0.3 is 24.2 Å². The van der Waals surface area contributed by atoms with Crippen LogP contribution < -0.4 is 19.1 Å². The first-order valence-electron chi connectivity index (χ1n) is 10.5. The Kier molecular flexibility index (Phi) is 6.33. The topological polar surface area (TPSA) is 85.3 Å². The highest BCUT2D eigenvalue weighted by molar-refractivity contribution is 6.11. The quantitative estimate of drug-likeness (QED) is 0.505. The fourth-order valence-electron chi connectivity index (χ4n) is 4.03. The van der Waals surface area contributed by atoms with Gasteiger partial charge in [0.2, 0.25) is 0 Å². The lowest BCUT2D eigenvalue weighted by molar-refractivity contribution is -0.135. The monoisotopic (exact) mass is 447 g/mol. The fourth-order valence-corrected chi connectivity index (χ4v) is 4.03. The molecule has 0 saturated carbocycles. The summed E-state index contributed by atoms with van der Waals surface area (Å²) in [6.07, 6.45) is -0.415. The highest BCUT2D eigenvalue weighted by atomic mass is 16.5. The number of amides is 1. The van der Waals surface area contributed by atoms with E-state index in [9.17, 15) is 14.7 Å². The lowest BCUT2D eigenvalue weighted by Gasteiger charge is -2.23.